The Morgan fingerprint density at radius 2 is 1.81 bits per heavy atom. The van der Waals surface area contributed by atoms with E-state index >= 15 is 0 Å². The summed E-state index contributed by atoms with van der Waals surface area (Å²) < 4.78 is 13.4. The number of aromatic nitrogens is 4. The molecule has 0 unspecified atom stereocenters. The van der Waals surface area contributed by atoms with Crippen LogP contribution in [0.5, 0.6) is 0 Å². The second-order valence-electron chi connectivity index (χ2n) is 7.61. The van der Waals surface area contributed by atoms with Gasteiger partial charge in [-0.2, -0.15) is 0 Å². The molecule has 0 aliphatic carbocycles. The summed E-state index contributed by atoms with van der Waals surface area (Å²) in [5.41, 5.74) is 5.41. The molecule has 0 saturated carbocycles. The zero-order valence-electron chi connectivity index (χ0n) is 17.9. The fraction of sp³-hybridized carbons (Fsp3) is 0.160. The van der Waals surface area contributed by atoms with Gasteiger partial charge in [-0.1, -0.05) is 59.8 Å². The van der Waals surface area contributed by atoms with Crippen LogP contribution in [0.4, 0.5) is 0 Å². The molecule has 0 fully saturated rings. The van der Waals surface area contributed by atoms with Gasteiger partial charge in [0.05, 0.1) is 18.5 Å². The van der Waals surface area contributed by atoms with E-state index in [2.05, 4.69) is 58.9 Å². The van der Waals surface area contributed by atoms with Crippen molar-refractivity contribution in [1.29, 1.82) is 0 Å². The zero-order chi connectivity index (χ0) is 21.9. The summed E-state index contributed by atoms with van der Waals surface area (Å²) in [5.74, 6) is 2.66. The summed E-state index contributed by atoms with van der Waals surface area (Å²) in [5, 5.41) is 9.63. The highest BCUT2D eigenvalue weighted by molar-refractivity contribution is 7.98. The number of nitrogens with zero attached hydrogens (tertiary/aromatic N) is 4. The molecular formula is C25H22N4O2S. The van der Waals surface area contributed by atoms with Gasteiger partial charge in [0.15, 0.2) is 10.9 Å². The van der Waals surface area contributed by atoms with E-state index < -0.39 is 0 Å². The van der Waals surface area contributed by atoms with Gasteiger partial charge in [0, 0.05) is 11.3 Å². The van der Waals surface area contributed by atoms with Crippen LogP contribution >= 0.6 is 11.8 Å². The van der Waals surface area contributed by atoms with Crippen LogP contribution in [0, 0.1) is 13.8 Å². The quantitative estimate of drug-likeness (QED) is 0.282. The predicted molar refractivity (Wildman–Crippen MR) is 124 cm³/mol. The summed E-state index contributed by atoms with van der Waals surface area (Å²) in [7, 11) is 0. The molecule has 2 aromatic carbocycles. The summed E-state index contributed by atoms with van der Waals surface area (Å²) in [4.78, 5) is 4.69. The molecule has 0 amide bonds. The Balaban J connectivity index is 1.38. The normalized spacial score (nSPS) is 11.2. The van der Waals surface area contributed by atoms with Crippen LogP contribution < -0.4 is 0 Å². The maximum absolute atomic E-state index is 5.77. The minimum Gasteiger partial charge on any atom is -0.461 e. The molecule has 7 heteroatoms. The molecule has 5 rings (SSSR count). The first-order valence-electron chi connectivity index (χ1n) is 10.3. The number of benzene rings is 2. The molecule has 3 heterocycles. The van der Waals surface area contributed by atoms with Gasteiger partial charge in [0.25, 0.3) is 0 Å². The third-order valence-corrected chi connectivity index (χ3v) is 6.16. The number of aryl methyl sites for hydroxylation is 2. The molecule has 32 heavy (non-hydrogen) atoms. The van der Waals surface area contributed by atoms with Crippen LogP contribution in [0.2, 0.25) is 0 Å². The SMILES string of the molecule is Cc1ccc(-c2nc(CSc3nnc(-c4ccco4)n3Cc3ccccc3)co2)c(C)c1. The lowest BCUT2D eigenvalue weighted by Gasteiger charge is -2.09. The Morgan fingerprint density at radius 1 is 0.938 bits per heavy atom. The molecule has 5 aromatic rings. The predicted octanol–water partition coefficient (Wildman–Crippen LogP) is 6.15. The van der Waals surface area contributed by atoms with Gasteiger partial charge in [-0.3, -0.25) is 4.57 Å². The van der Waals surface area contributed by atoms with Crippen molar-refractivity contribution in [3.05, 3.63) is 95.6 Å². The molecule has 160 valence electrons. The van der Waals surface area contributed by atoms with E-state index in [4.69, 9.17) is 13.8 Å². The van der Waals surface area contributed by atoms with Crippen LogP contribution in [-0.4, -0.2) is 19.7 Å². The van der Waals surface area contributed by atoms with E-state index in [-0.39, 0.29) is 0 Å². The number of hydrogen-bond donors (Lipinski definition) is 0. The first-order chi connectivity index (χ1) is 15.7. The van der Waals surface area contributed by atoms with Crippen molar-refractivity contribution < 1.29 is 8.83 Å². The number of oxazole rings is 1. The molecule has 0 bridgehead atoms. The maximum Gasteiger partial charge on any atom is 0.226 e. The zero-order valence-corrected chi connectivity index (χ0v) is 18.7. The highest BCUT2D eigenvalue weighted by atomic mass is 32.2. The summed E-state index contributed by atoms with van der Waals surface area (Å²) in [6.45, 7) is 4.80. The highest BCUT2D eigenvalue weighted by Crippen LogP contribution is 2.29. The Bertz CT molecular complexity index is 1320. The van der Waals surface area contributed by atoms with E-state index in [0.29, 0.717) is 29.8 Å². The molecule has 0 aliphatic rings. The van der Waals surface area contributed by atoms with Crippen molar-refractivity contribution in [1.82, 2.24) is 19.7 Å². The Kier molecular flexibility index (Phi) is 5.64. The van der Waals surface area contributed by atoms with Gasteiger partial charge in [0.1, 0.15) is 6.26 Å². The van der Waals surface area contributed by atoms with Gasteiger partial charge < -0.3 is 8.83 Å². The highest BCUT2D eigenvalue weighted by Gasteiger charge is 2.18. The molecule has 0 saturated heterocycles. The first kappa shape index (κ1) is 20.3. The van der Waals surface area contributed by atoms with Crippen LogP contribution in [0.3, 0.4) is 0 Å². The van der Waals surface area contributed by atoms with Gasteiger partial charge in [-0.15, -0.1) is 10.2 Å². The number of rotatable bonds is 7. The molecular weight excluding hydrogens is 420 g/mol. The van der Waals surface area contributed by atoms with Gasteiger partial charge in [-0.05, 0) is 43.2 Å². The fourth-order valence-electron chi connectivity index (χ4n) is 3.58. The largest absolute Gasteiger partial charge is 0.461 e. The summed E-state index contributed by atoms with van der Waals surface area (Å²) in [6, 6.07) is 20.3. The van der Waals surface area contributed by atoms with Crippen molar-refractivity contribution in [2.75, 3.05) is 0 Å². The fourth-order valence-corrected chi connectivity index (χ4v) is 4.40. The Labute approximate surface area is 190 Å². The van der Waals surface area contributed by atoms with Crippen LogP contribution in [0.15, 0.2) is 87.2 Å². The molecule has 0 aliphatic heterocycles. The van der Waals surface area contributed by atoms with Gasteiger partial charge >= 0.3 is 0 Å². The number of hydrogen-bond acceptors (Lipinski definition) is 6. The Morgan fingerprint density at radius 3 is 2.59 bits per heavy atom. The average molecular weight is 443 g/mol. The van der Waals surface area contributed by atoms with Crippen LogP contribution in [0.25, 0.3) is 23.0 Å². The maximum atomic E-state index is 5.77. The Hall–Kier alpha value is -3.58. The molecule has 0 radical (unpaired) electrons. The van der Waals surface area contributed by atoms with E-state index in [9.17, 15) is 0 Å². The second-order valence-corrected chi connectivity index (χ2v) is 8.55. The number of thioether (sulfide) groups is 1. The lowest BCUT2D eigenvalue weighted by Crippen LogP contribution is -2.04. The minimum absolute atomic E-state index is 0.624. The lowest BCUT2D eigenvalue weighted by molar-refractivity contribution is 0.569. The monoisotopic (exact) mass is 442 g/mol. The average Bonchev–Trinajstić information content (AvgIpc) is 3.54. The lowest BCUT2D eigenvalue weighted by atomic mass is 10.1. The van der Waals surface area contributed by atoms with Crippen LogP contribution in [-0.2, 0) is 12.3 Å². The van der Waals surface area contributed by atoms with E-state index in [1.54, 1.807) is 24.3 Å². The van der Waals surface area contributed by atoms with Crippen molar-refractivity contribution in [2.24, 2.45) is 0 Å². The van der Waals surface area contributed by atoms with Crippen LogP contribution in [0.1, 0.15) is 22.4 Å². The van der Waals surface area contributed by atoms with Crippen molar-refractivity contribution >= 4 is 11.8 Å². The van der Waals surface area contributed by atoms with E-state index in [1.807, 2.05) is 30.3 Å². The molecule has 6 nitrogen and oxygen atoms in total. The van der Waals surface area contributed by atoms with Crippen molar-refractivity contribution in [2.45, 2.75) is 31.3 Å². The topological polar surface area (TPSA) is 69.9 Å². The smallest absolute Gasteiger partial charge is 0.226 e. The molecule has 0 N–H and O–H groups in total. The van der Waals surface area contributed by atoms with Crippen molar-refractivity contribution in [3.8, 4) is 23.0 Å². The first-order valence-corrected chi connectivity index (χ1v) is 11.3. The second kappa shape index (κ2) is 8.88. The third kappa shape index (κ3) is 4.24. The standard InChI is InChI=1S/C25H22N4O2S/c1-17-10-11-21(18(2)13-17)24-26-20(15-31-24)16-32-25-28-27-23(22-9-6-12-30-22)29(25)14-19-7-4-3-5-8-19/h3-13,15H,14,16H2,1-2H3. The minimum atomic E-state index is 0.624. The number of furan rings is 1. The van der Waals surface area contributed by atoms with Crippen molar-refractivity contribution in [3.63, 3.8) is 0 Å². The molecule has 0 spiro atoms. The summed E-state index contributed by atoms with van der Waals surface area (Å²) in [6.07, 6.45) is 3.36. The van der Waals surface area contributed by atoms with Gasteiger partial charge in [0.2, 0.25) is 11.7 Å². The summed E-state index contributed by atoms with van der Waals surface area (Å²) >= 11 is 1.58. The third-order valence-electron chi connectivity index (χ3n) is 5.16. The van der Waals surface area contributed by atoms with E-state index in [0.717, 1.165) is 22.0 Å². The van der Waals surface area contributed by atoms with E-state index in [1.165, 1.54) is 11.1 Å². The molecule has 3 aromatic heterocycles. The molecule has 0 atom stereocenters. The van der Waals surface area contributed by atoms with Gasteiger partial charge in [-0.25, -0.2) is 4.98 Å².